The summed E-state index contributed by atoms with van der Waals surface area (Å²) in [6.45, 7) is 1.39. The minimum atomic E-state index is 0.553. The topological polar surface area (TPSA) is 42.2 Å². The van der Waals surface area contributed by atoms with Crippen molar-refractivity contribution in [3.8, 4) is 0 Å². The van der Waals surface area contributed by atoms with Crippen LogP contribution in [0, 0.1) is 0 Å². The summed E-state index contributed by atoms with van der Waals surface area (Å²) in [6, 6.07) is 18.6. The van der Waals surface area contributed by atoms with Crippen LogP contribution in [-0.2, 0) is 13.1 Å². The second-order valence-corrected chi connectivity index (χ2v) is 5.18. The lowest BCUT2D eigenvalue weighted by Crippen LogP contribution is -2.19. The molecule has 2 aromatic carbocycles. The van der Waals surface area contributed by atoms with Crippen LogP contribution in [0.4, 0.5) is 5.69 Å². The normalized spacial score (nSPS) is 10.8. The molecule has 1 aromatic heterocycles. The zero-order valence-electron chi connectivity index (χ0n) is 12.2. The van der Waals surface area contributed by atoms with E-state index in [1.165, 1.54) is 22.2 Å². The highest BCUT2D eigenvalue weighted by Crippen LogP contribution is 2.23. The summed E-state index contributed by atoms with van der Waals surface area (Å²) in [6.07, 6.45) is 1.88. The molecule has 0 aliphatic carbocycles. The number of pyridine rings is 1. The summed E-state index contributed by atoms with van der Waals surface area (Å²) >= 11 is 0. The summed E-state index contributed by atoms with van der Waals surface area (Å²) in [5, 5.41) is 1.21. The molecule has 0 fully saturated rings. The lowest BCUT2D eigenvalue weighted by molar-refractivity contribution is 0.908. The van der Waals surface area contributed by atoms with Crippen LogP contribution < -0.4 is 10.6 Å². The number of fused-ring (bicyclic) bond motifs is 1. The molecular formula is C18H19N3. The van der Waals surface area contributed by atoms with Gasteiger partial charge in [-0.3, -0.25) is 4.98 Å². The van der Waals surface area contributed by atoms with Crippen LogP contribution in [0.5, 0.6) is 0 Å². The fourth-order valence-corrected chi connectivity index (χ4v) is 2.69. The van der Waals surface area contributed by atoms with E-state index in [0.29, 0.717) is 6.54 Å². The highest BCUT2D eigenvalue weighted by Gasteiger charge is 2.08. The largest absolute Gasteiger partial charge is 0.370 e. The van der Waals surface area contributed by atoms with Crippen molar-refractivity contribution in [3.05, 3.63) is 71.9 Å². The molecule has 0 spiro atoms. The maximum atomic E-state index is 5.84. The molecule has 0 amide bonds. The number of hydrogen-bond acceptors (Lipinski definition) is 3. The van der Waals surface area contributed by atoms with Gasteiger partial charge in [0.15, 0.2) is 0 Å². The van der Waals surface area contributed by atoms with Crippen LogP contribution in [0.1, 0.15) is 11.1 Å². The van der Waals surface area contributed by atoms with Crippen LogP contribution in [0.15, 0.2) is 60.8 Å². The average molecular weight is 277 g/mol. The number of aromatic nitrogens is 1. The Kier molecular flexibility index (Phi) is 3.84. The molecule has 0 saturated heterocycles. The molecule has 0 atom stereocenters. The average Bonchev–Trinajstić information content (AvgIpc) is 2.55. The standard InChI is InChI=1S/C18H19N3/c1-21(18-9-5-2-6-14(18)12-19)13-15-10-11-20-17-8-4-3-7-16(15)17/h2-11H,12-13,19H2,1H3. The lowest BCUT2D eigenvalue weighted by atomic mass is 10.1. The van der Waals surface area contributed by atoms with Crippen LogP contribution in [0.2, 0.25) is 0 Å². The van der Waals surface area contributed by atoms with E-state index in [1.807, 2.05) is 24.4 Å². The zero-order chi connectivity index (χ0) is 14.7. The Morgan fingerprint density at radius 1 is 0.952 bits per heavy atom. The van der Waals surface area contributed by atoms with E-state index in [4.69, 9.17) is 5.73 Å². The first-order valence-corrected chi connectivity index (χ1v) is 7.11. The van der Waals surface area contributed by atoms with Crippen molar-refractivity contribution in [2.24, 2.45) is 5.73 Å². The van der Waals surface area contributed by atoms with Gasteiger partial charge in [0.2, 0.25) is 0 Å². The van der Waals surface area contributed by atoms with Gasteiger partial charge in [0.25, 0.3) is 0 Å². The van der Waals surface area contributed by atoms with Crippen molar-refractivity contribution in [1.82, 2.24) is 4.98 Å². The molecule has 106 valence electrons. The Balaban J connectivity index is 1.95. The van der Waals surface area contributed by atoms with Crippen molar-refractivity contribution in [3.63, 3.8) is 0 Å². The van der Waals surface area contributed by atoms with Crippen molar-refractivity contribution in [1.29, 1.82) is 0 Å². The smallest absolute Gasteiger partial charge is 0.0705 e. The van der Waals surface area contributed by atoms with Crippen molar-refractivity contribution in [2.75, 3.05) is 11.9 Å². The molecule has 3 aromatic rings. The first-order chi connectivity index (χ1) is 10.3. The van der Waals surface area contributed by atoms with E-state index in [9.17, 15) is 0 Å². The predicted octanol–water partition coefficient (Wildman–Crippen LogP) is 3.33. The van der Waals surface area contributed by atoms with Gasteiger partial charge in [0, 0.05) is 37.4 Å². The number of anilines is 1. The highest BCUT2D eigenvalue weighted by atomic mass is 15.1. The second kappa shape index (κ2) is 5.94. The van der Waals surface area contributed by atoms with Gasteiger partial charge in [-0.2, -0.15) is 0 Å². The molecule has 0 saturated carbocycles. The quantitative estimate of drug-likeness (QED) is 0.795. The lowest BCUT2D eigenvalue weighted by Gasteiger charge is -2.22. The molecule has 0 radical (unpaired) electrons. The fourth-order valence-electron chi connectivity index (χ4n) is 2.69. The molecule has 3 nitrogen and oxygen atoms in total. The molecular weight excluding hydrogens is 258 g/mol. The SMILES string of the molecule is CN(Cc1ccnc2ccccc12)c1ccccc1CN. The number of nitrogens with two attached hydrogens (primary N) is 1. The molecule has 2 N–H and O–H groups in total. The van der Waals surface area contributed by atoms with E-state index in [1.54, 1.807) is 0 Å². The minimum Gasteiger partial charge on any atom is -0.370 e. The predicted molar refractivity (Wildman–Crippen MR) is 88.2 cm³/mol. The maximum absolute atomic E-state index is 5.84. The molecule has 3 heteroatoms. The number of hydrogen-bond donors (Lipinski definition) is 1. The van der Waals surface area contributed by atoms with E-state index in [0.717, 1.165) is 12.1 Å². The van der Waals surface area contributed by atoms with Crippen molar-refractivity contribution < 1.29 is 0 Å². The summed E-state index contributed by atoms with van der Waals surface area (Å²) in [5.41, 5.74) is 10.5. The van der Waals surface area contributed by atoms with E-state index in [-0.39, 0.29) is 0 Å². The van der Waals surface area contributed by atoms with Gasteiger partial charge >= 0.3 is 0 Å². The molecule has 0 bridgehead atoms. The number of benzene rings is 2. The van der Waals surface area contributed by atoms with Gasteiger partial charge in [-0.25, -0.2) is 0 Å². The van der Waals surface area contributed by atoms with E-state index in [2.05, 4.69) is 53.3 Å². The summed E-state index contributed by atoms with van der Waals surface area (Å²) in [4.78, 5) is 6.66. The Hall–Kier alpha value is -2.39. The Labute approximate surface area is 125 Å². The van der Waals surface area contributed by atoms with Crippen LogP contribution in [0.3, 0.4) is 0 Å². The van der Waals surface area contributed by atoms with Crippen molar-refractivity contribution in [2.45, 2.75) is 13.1 Å². The number of para-hydroxylation sites is 2. The zero-order valence-corrected chi connectivity index (χ0v) is 12.2. The maximum Gasteiger partial charge on any atom is 0.0705 e. The van der Waals surface area contributed by atoms with Gasteiger partial charge in [-0.15, -0.1) is 0 Å². The third kappa shape index (κ3) is 2.73. The summed E-state index contributed by atoms with van der Waals surface area (Å²) in [7, 11) is 2.10. The summed E-state index contributed by atoms with van der Waals surface area (Å²) < 4.78 is 0. The van der Waals surface area contributed by atoms with Crippen LogP contribution in [-0.4, -0.2) is 12.0 Å². The van der Waals surface area contributed by atoms with Gasteiger partial charge in [0.05, 0.1) is 5.52 Å². The van der Waals surface area contributed by atoms with E-state index >= 15 is 0 Å². The minimum absolute atomic E-state index is 0.553. The summed E-state index contributed by atoms with van der Waals surface area (Å²) in [5.74, 6) is 0. The molecule has 1 heterocycles. The molecule has 0 aliphatic rings. The number of rotatable bonds is 4. The third-order valence-electron chi connectivity index (χ3n) is 3.77. The molecule has 0 aliphatic heterocycles. The first kappa shape index (κ1) is 13.6. The van der Waals surface area contributed by atoms with Crippen LogP contribution >= 0.6 is 0 Å². The third-order valence-corrected chi connectivity index (χ3v) is 3.77. The van der Waals surface area contributed by atoms with Crippen LogP contribution in [0.25, 0.3) is 10.9 Å². The van der Waals surface area contributed by atoms with E-state index < -0.39 is 0 Å². The Bertz CT molecular complexity index is 747. The van der Waals surface area contributed by atoms with Gasteiger partial charge < -0.3 is 10.6 Å². The second-order valence-electron chi connectivity index (χ2n) is 5.18. The Morgan fingerprint density at radius 3 is 2.57 bits per heavy atom. The van der Waals surface area contributed by atoms with Gasteiger partial charge in [-0.1, -0.05) is 36.4 Å². The molecule has 0 unspecified atom stereocenters. The van der Waals surface area contributed by atoms with Gasteiger partial charge in [0.1, 0.15) is 0 Å². The van der Waals surface area contributed by atoms with Gasteiger partial charge in [-0.05, 0) is 29.3 Å². The molecule has 3 rings (SSSR count). The fraction of sp³-hybridized carbons (Fsp3) is 0.167. The highest BCUT2D eigenvalue weighted by molar-refractivity contribution is 5.82. The monoisotopic (exact) mass is 277 g/mol. The first-order valence-electron chi connectivity index (χ1n) is 7.11. The molecule has 21 heavy (non-hydrogen) atoms. The van der Waals surface area contributed by atoms with Crippen molar-refractivity contribution >= 4 is 16.6 Å². The Morgan fingerprint density at radius 2 is 1.71 bits per heavy atom. The number of nitrogens with zero attached hydrogens (tertiary/aromatic N) is 2.